The van der Waals surface area contributed by atoms with Crippen molar-refractivity contribution in [1.82, 2.24) is 10.4 Å². The number of aromatic nitrogens is 1. The van der Waals surface area contributed by atoms with E-state index in [1.165, 1.54) is 5.56 Å². The molecule has 2 heterocycles. The van der Waals surface area contributed by atoms with E-state index in [0.717, 1.165) is 34.5 Å². The van der Waals surface area contributed by atoms with Crippen molar-refractivity contribution in [3.8, 4) is 0 Å². The van der Waals surface area contributed by atoms with Crippen molar-refractivity contribution >= 4 is 28.1 Å². The van der Waals surface area contributed by atoms with Crippen molar-refractivity contribution in [2.45, 2.75) is 6.42 Å². The molecular formula is C17H14N4. The Morgan fingerprint density at radius 1 is 0.857 bits per heavy atom. The molecule has 0 saturated carbocycles. The Kier molecular flexibility index (Phi) is 2.78. The summed E-state index contributed by atoms with van der Waals surface area (Å²) in [5.41, 5.74) is 10.5. The van der Waals surface area contributed by atoms with Crippen molar-refractivity contribution in [2.75, 3.05) is 5.43 Å². The molecule has 21 heavy (non-hydrogen) atoms. The van der Waals surface area contributed by atoms with Crippen LogP contribution in [0.4, 0.5) is 11.4 Å². The second-order valence-electron chi connectivity index (χ2n) is 5.01. The van der Waals surface area contributed by atoms with Crippen molar-refractivity contribution in [3.05, 3.63) is 66.4 Å². The topological polar surface area (TPSA) is 49.3 Å². The summed E-state index contributed by atoms with van der Waals surface area (Å²) < 4.78 is 0. The lowest BCUT2D eigenvalue weighted by Crippen LogP contribution is -2.33. The van der Waals surface area contributed by atoms with Gasteiger partial charge in [-0.15, -0.1) is 0 Å². The molecule has 2 N–H and O–H groups in total. The molecule has 1 aliphatic rings. The van der Waals surface area contributed by atoms with Crippen molar-refractivity contribution in [1.29, 1.82) is 0 Å². The number of benzene rings is 2. The van der Waals surface area contributed by atoms with E-state index in [-0.39, 0.29) is 0 Å². The predicted octanol–water partition coefficient (Wildman–Crippen LogP) is 3.44. The minimum absolute atomic E-state index is 0.764. The third-order valence-corrected chi connectivity index (χ3v) is 3.56. The number of hydrazine groups is 1. The van der Waals surface area contributed by atoms with Crippen LogP contribution in [-0.2, 0) is 6.42 Å². The lowest BCUT2D eigenvalue weighted by atomic mass is 10.1. The summed E-state index contributed by atoms with van der Waals surface area (Å²) in [5, 5.41) is 1.07. The average molecular weight is 274 g/mol. The Hall–Kier alpha value is -2.88. The monoisotopic (exact) mass is 274 g/mol. The average Bonchev–Trinajstić information content (AvgIpc) is 2.55. The molecule has 0 fully saturated rings. The number of hydrogen-bond acceptors (Lipinski definition) is 4. The molecule has 3 aromatic rings. The number of amidine groups is 1. The van der Waals surface area contributed by atoms with Crippen LogP contribution in [0, 0.1) is 0 Å². The number of para-hydroxylation sites is 1. The number of fused-ring (bicyclic) bond motifs is 3. The van der Waals surface area contributed by atoms with Gasteiger partial charge in [-0.3, -0.25) is 15.8 Å². The molecule has 0 atom stereocenters. The lowest BCUT2D eigenvalue weighted by molar-refractivity contribution is 1.04. The van der Waals surface area contributed by atoms with Crippen LogP contribution in [-0.4, -0.2) is 10.8 Å². The number of hydrogen-bond donors (Lipinski definition) is 2. The molecule has 0 unspecified atom stereocenters. The molecule has 0 spiro atoms. The number of anilines is 1. The molecule has 4 rings (SSSR count). The second kappa shape index (κ2) is 4.90. The molecule has 1 aromatic heterocycles. The molecule has 0 bridgehead atoms. The number of nitrogens with zero attached hydrogens (tertiary/aromatic N) is 2. The molecule has 4 heteroatoms. The summed E-state index contributed by atoms with van der Waals surface area (Å²) in [6.45, 7) is 0. The van der Waals surface area contributed by atoms with Gasteiger partial charge in [-0.05, 0) is 11.6 Å². The van der Waals surface area contributed by atoms with E-state index in [2.05, 4.69) is 33.0 Å². The van der Waals surface area contributed by atoms with E-state index in [4.69, 9.17) is 0 Å². The highest BCUT2D eigenvalue weighted by Gasteiger charge is 2.14. The number of rotatable bonds is 2. The highest BCUT2D eigenvalue weighted by molar-refractivity contribution is 6.02. The third kappa shape index (κ3) is 2.21. The zero-order valence-corrected chi connectivity index (χ0v) is 11.4. The maximum atomic E-state index is 4.67. The fourth-order valence-corrected chi connectivity index (χ4v) is 2.53. The first-order chi connectivity index (χ1) is 10.4. The van der Waals surface area contributed by atoms with E-state index < -0.39 is 0 Å². The first-order valence-corrected chi connectivity index (χ1v) is 6.91. The Bertz CT molecular complexity index is 825. The van der Waals surface area contributed by atoms with E-state index in [1.54, 1.807) is 0 Å². The van der Waals surface area contributed by atoms with Gasteiger partial charge in [0, 0.05) is 11.8 Å². The van der Waals surface area contributed by atoms with Gasteiger partial charge in [0.25, 0.3) is 0 Å². The maximum Gasteiger partial charge on any atom is 0.125 e. The maximum absolute atomic E-state index is 4.67. The summed E-state index contributed by atoms with van der Waals surface area (Å²) >= 11 is 0. The standard InChI is InChI=1S/C17H14N4/c1-2-6-12(7-3-1)10-16-19-15-11-18-14-9-5-4-8-13(14)17(15)21-20-16/h1-9,11,21H,10H2,(H,19,20). The van der Waals surface area contributed by atoms with Gasteiger partial charge in [0.1, 0.15) is 11.5 Å². The first kappa shape index (κ1) is 11.9. The van der Waals surface area contributed by atoms with E-state index in [0.29, 0.717) is 0 Å². The Balaban J connectivity index is 1.72. The van der Waals surface area contributed by atoms with Gasteiger partial charge in [0.05, 0.1) is 17.4 Å². The van der Waals surface area contributed by atoms with E-state index in [9.17, 15) is 0 Å². The predicted molar refractivity (Wildman–Crippen MR) is 85.7 cm³/mol. The van der Waals surface area contributed by atoms with Crippen LogP contribution in [0.3, 0.4) is 0 Å². The van der Waals surface area contributed by atoms with Gasteiger partial charge < -0.3 is 0 Å². The molecule has 4 nitrogen and oxygen atoms in total. The number of pyridine rings is 1. The summed E-state index contributed by atoms with van der Waals surface area (Å²) in [6.07, 6.45) is 2.58. The van der Waals surface area contributed by atoms with Gasteiger partial charge >= 0.3 is 0 Å². The molecule has 0 radical (unpaired) electrons. The zero-order valence-electron chi connectivity index (χ0n) is 11.4. The van der Waals surface area contributed by atoms with E-state index >= 15 is 0 Å². The highest BCUT2D eigenvalue weighted by atomic mass is 15.4. The minimum atomic E-state index is 0.764. The van der Waals surface area contributed by atoms with Crippen LogP contribution in [0.25, 0.3) is 10.9 Å². The molecule has 2 aromatic carbocycles. The zero-order chi connectivity index (χ0) is 14.1. The highest BCUT2D eigenvalue weighted by Crippen LogP contribution is 2.33. The van der Waals surface area contributed by atoms with Crippen molar-refractivity contribution in [3.63, 3.8) is 0 Å². The van der Waals surface area contributed by atoms with Crippen LogP contribution < -0.4 is 10.9 Å². The summed E-state index contributed by atoms with van der Waals surface area (Å²) in [4.78, 5) is 9.13. The van der Waals surface area contributed by atoms with Crippen LogP contribution in [0.15, 0.2) is 65.8 Å². The molecule has 0 saturated heterocycles. The van der Waals surface area contributed by atoms with Crippen LogP contribution in [0.1, 0.15) is 5.56 Å². The van der Waals surface area contributed by atoms with Crippen LogP contribution in [0.2, 0.25) is 0 Å². The summed E-state index contributed by atoms with van der Waals surface area (Å²) in [5.74, 6) is 0.894. The second-order valence-corrected chi connectivity index (χ2v) is 5.01. The van der Waals surface area contributed by atoms with E-state index in [1.807, 2.05) is 48.7 Å². The fourth-order valence-electron chi connectivity index (χ4n) is 2.53. The Morgan fingerprint density at radius 2 is 1.67 bits per heavy atom. The first-order valence-electron chi connectivity index (χ1n) is 6.91. The van der Waals surface area contributed by atoms with Gasteiger partial charge in [0.2, 0.25) is 0 Å². The van der Waals surface area contributed by atoms with Gasteiger partial charge in [-0.1, -0.05) is 48.5 Å². The summed E-state index contributed by atoms with van der Waals surface area (Å²) in [7, 11) is 0. The Labute approximate surface area is 122 Å². The number of nitrogens with one attached hydrogen (secondary N) is 2. The van der Waals surface area contributed by atoms with Crippen molar-refractivity contribution in [2.24, 2.45) is 4.99 Å². The van der Waals surface area contributed by atoms with Gasteiger partial charge in [-0.2, -0.15) is 0 Å². The summed E-state index contributed by atoms with van der Waals surface area (Å²) in [6, 6.07) is 18.3. The smallest absolute Gasteiger partial charge is 0.125 e. The molecule has 1 aliphatic heterocycles. The van der Waals surface area contributed by atoms with Gasteiger partial charge in [0.15, 0.2) is 0 Å². The molecule has 0 aliphatic carbocycles. The largest absolute Gasteiger partial charge is 0.297 e. The molecule has 0 amide bonds. The fraction of sp³-hybridized carbons (Fsp3) is 0.0588. The van der Waals surface area contributed by atoms with Crippen LogP contribution in [0.5, 0.6) is 0 Å². The lowest BCUT2D eigenvalue weighted by Gasteiger charge is -2.20. The van der Waals surface area contributed by atoms with Crippen LogP contribution >= 0.6 is 0 Å². The normalized spacial score (nSPS) is 13.0. The van der Waals surface area contributed by atoms with Crippen molar-refractivity contribution < 1.29 is 0 Å². The van der Waals surface area contributed by atoms with Gasteiger partial charge in [-0.25, -0.2) is 4.99 Å². The molecular weight excluding hydrogens is 260 g/mol. The quantitative estimate of drug-likeness (QED) is 0.752. The number of aliphatic imine (C=N–C) groups is 1. The third-order valence-electron chi connectivity index (χ3n) is 3.56. The minimum Gasteiger partial charge on any atom is -0.297 e. The SMILES string of the molecule is c1ccc(CC2=Nc3cnc4ccccc4c3NN2)cc1. The Morgan fingerprint density at radius 3 is 2.57 bits per heavy atom. The molecule has 102 valence electrons.